The zero-order valence-corrected chi connectivity index (χ0v) is 13.8. The molecule has 2 aromatic rings. The standard InChI is InChI=1S/C19H28N2O/c1-14(2)22-11-10-20-16-7-5-6-15(12-16)18-13-21-19-9-4-3-8-17(18)19/h3-4,8-9,13-16,20-21H,5-7,10-12H2,1-2H3. The molecule has 0 radical (unpaired) electrons. The van der Waals surface area contributed by atoms with Gasteiger partial charge in [0.15, 0.2) is 0 Å². The third-order valence-corrected chi connectivity index (χ3v) is 4.72. The van der Waals surface area contributed by atoms with Gasteiger partial charge in [-0.15, -0.1) is 0 Å². The predicted molar refractivity (Wildman–Crippen MR) is 92.4 cm³/mol. The quantitative estimate of drug-likeness (QED) is 0.784. The molecule has 1 heterocycles. The van der Waals surface area contributed by atoms with Crippen molar-refractivity contribution in [2.45, 2.75) is 57.6 Å². The van der Waals surface area contributed by atoms with Crippen molar-refractivity contribution in [3.8, 4) is 0 Å². The lowest BCUT2D eigenvalue weighted by atomic mass is 9.81. The minimum Gasteiger partial charge on any atom is -0.377 e. The molecule has 3 nitrogen and oxygen atoms in total. The number of nitrogens with one attached hydrogen (secondary N) is 2. The first-order chi connectivity index (χ1) is 10.7. The Balaban J connectivity index is 1.58. The number of H-pyrrole nitrogens is 1. The van der Waals surface area contributed by atoms with Gasteiger partial charge in [-0.1, -0.05) is 24.6 Å². The summed E-state index contributed by atoms with van der Waals surface area (Å²) in [5.41, 5.74) is 2.76. The van der Waals surface area contributed by atoms with Gasteiger partial charge in [-0.2, -0.15) is 0 Å². The molecule has 0 saturated heterocycles. The van der Waals surface area contributed by atoms with Crippen LogP contribution in [0.15, 0.2) is 30.5 Å². The molecule has 1 aromatic heterocycles. The number of aromatic nitrogens is 1. The molecule has 22 heavy (non-hydrogen) atoms. The Morgan fingerprint density at radius 2 is 2.14 bits per heavy atom. The van der Waals surface area contributed by atoms with Crippen molar-refractivity contribution in [2.75, 3.05) is 13.2 Å². The van der Waals surface area contributed by atoms with E-state index in [-0.39, 0.29) is 0 Å². The zero-order valence-electron chi connectivity index (χ0n) is 13.8. The largest absolute Gasteiger partial charge is 0.377 e. The molecule has 2 unspecified atom stereocenters. The monoisotopic (exact) mass is 300 g/mol. The van der Waals surface area contributed by atoms with Crippen LogP contribution >= 0.6 is 0 Å². The Hall–Kier alpha value is -1.32. The lowest BCUT2D eigenvalue weighted by molar-refractivity contribution is 0.0782. The normalized spacial score (nSPS) is 22.5. The topological polar surface area (TPSA) is 37.0 Å². The van der Waals surface area contributed by atoms with E-state index in [1.165, 1.54) is 42.1 Å². The number of rotatable bonds is 6. The molecule has 1 aliphatic rings. The van der Waals surface area contributed by atoms with Gasteiger partial charge < -0.3 is 15.0 Å². The van der Waals surface area contributed by atoms with Crippen molar-refractivity contribution in [1.29, 1.82) is 0 Å². The fraction of sp³-hybridized carbons (Fsp3) is 0.579. The summed E-state index contributed by atoms with van der Waals surface area (Å²) in [5.74, 6) is 0.674. The van der Waals surface area contributed by atoms with Crippen molar-refractivity contribution >= 4 is 10.9 Å². The van der Waals surface area contributed by atoms with E-state index < -0.39 is 0 Å². The molecule has 0 aliphatic heterocycles. The van der Waals surface area contributed by atoms with Crippen LogP contribution in [-0.4, -0.2) is 30.3 Å². The van der Waals surface area contributed by atoms with Gasteiger partial charge in [0.25, 0.3) is 0 Å². The number of aromatic amines is 1. The Bertz CT molecular complexity index is 590. The first-order valence-electron chi connectivity index (χ1n) is 8.65. The van der Waals surface area contributed by atoms with E-state index in [0.717, 1.165) is 13.2 Å². The fourth-order valence-electron chi connectivity index (χ4n) is 3.65. The molecule has 0 bridgehead atoms. The van der Waals surface area contributed by atoms with E-state index >= 15 is 0 Å². The molecule has 3 rings (SSSR count). The van der Waals surface area contributed by atoms with Gasteiger partial charge in [-0.05, 0) is 50.7 Å². The summed E-state index contributed by atoms with van der Waals surface area (Å²) in [7, 11) is 0. The summed E-state index contributed by atoms with van der Waals surface area (Å²) in [6.45, 7) is 5.96. The third-order valence-electron chi connectivity index (χ3n) is 4.72. The number of benzene rings is 1. The summed E-state index contributed by atoms with van der Waals surface area (Å²) >= 11 is 0. The van der Waals surface area contributed by atoms with Gasteiger partial charge in [0.1, 0.15) is 0 Å². The second-order valence-corrected chi connectivity index (χ2v) is 6.72. The highest BCUT2D eigenvalue weighted by Gasteiger charge is 2.24. The molecule has 3 heteroatoms. The molecule has 0 amide bonds. The van der Waals surface area contributed by atoms with Crippen LogP contribution in [0.5, 0.6) is 0 Å². The highest BCUT2D eigenvalue weighted by atomic mass is 16.5. The van der Waals surface area contributed by atoms with E-state index in [4.69, 9.17) is 4.74 Å². The molecule has 2 N–H and O–H groups in total. The molecule has 120 valence electrons. The number of ether oxygens (including phenoxy) is 1. The maximum atomic E-state index is 5.62. The Labute approximate surface area is 133 Å². The fourth-order valence-corrected chi connectivity index (χ4v) is 3.65. The van der Waals surface area contributed by atoms with Crippen LogP contribution in [0.2, 0.25) is 0 Å². The summed E-state index contributed by atoms with van der Waals surface area (Å²) in [5, 5.41) is 5.08. The highest BCUT2D eigenvalue weighted by Crippen LogP contribution is 2.36. The second kappa shape index (κ2) is 7.30. The van der Waals surface area contributed by atoms with E-state index in [1.54, 1.807) is 0 Å². The second-order valence-electron chi connectivity index (χ2n) is 6.72. The summed E-state index contributed by atoms with van der Waals surface area (Å²) in [6, 6.07) is 9.28. The Morgan fingerprint density at radius 3 is 3.00 bits per heavy atom. The van der Waals surface area contributed by atoms with Gasteiger partial charge in [-0.25, -0.2) is 0 Å². The zero-order chi connectivity index (χ0) is 15.4. The summed E-state index contributed by atoms with van der Waals surface area (Å²) in [4.78, 5) is 3.42. The lowest BCUT2D eigenvalue weighted by Gasteiger charge is -2.30. The molecular formula is C19H28N2O. The SMILES string of the molecule is CC(C)OCCNC1CCCC(c2c[nH]c3ccccc23)C1. The first-order valence-corrected chi connectivity index (χ1v) is 8.65. The maximum absolute atomic E-state index is 5.62. The molecular weight excluding hydrogens is 272 g/mol. The molecule has 1 saturated carbocycles. The maximum Gasteiger partial charge on any atom is 0.0594 e. The lowest BCUT2D eigenvalue weighted by Crippen LogP contribution is -2.36. The number of hydrogen-bond acceptors (Lipinski definition) is 2. The van der Waals surface area contributed by atoms with Crippen molar-refractivity contribution < 1.29 is 4.74 Å². The molecule has 1 aliphatic carbocycles. The molecule has 0 spiro atoms. The molecule has 2 atom stereocenters. The number of hydrogen-bond donors (Lipinski definition) is 2. The van der Waals surface area contributed by atoms with Gasteiger partial charge >= 0.3 is 0 Å². The van der Waals surface area contributed by atoms with Crippen LogP contribution in [0.1, 0.15) is 51.0 Å². The van der Waals surface area contributed by atoms with Gasteiger partial charge in [0.05, 0.1) is 12.7 Å². The van der Waals surface area contributed by atoms with E-state index in [2.05, 4.69) is 54.6 Å². The van der Waals surface area contributed by atoms with Crippen molar-refractivity contribution in [3.63, 3.8) is 0 Å². The van der Waals surface area contributed by atoms with Gasteiger partial charge in [0, 0.05) is 29.7 Å². The Kier molecular flexibility index (Phi) is 5.16. The van der Waals surface area contributed by atoms with Crippen molar-refractivity contribution in [3.05, 3.63) is 36.0 Å². The predicted octanol–water partition coefficient (Wildman–Crippen LogP) is 4.21. The van der Waals surface area contributed by atoms with Crippen LogP contribution in [-0.2, 0) is 4.74 Å². The first kappa shape index (κ1) is 15.6. The van der Waals surface area contributed by atoms with Crippen LogP contribution in [0.4, 0.5) is 0 Å². The Morgan fingerprint density at radius 1 is 1.27 bits per heavy atom. The molecule has 1 fully saturated rings. The van der Waals surface area contributed by atoms with E-state index in [0.29, 0.717) is 18.1 Å². The third kappa shape index (κ3) is 3.71. The summed E-state index contributed by atoms with van der Waals surface area (Å²) < 4.78 is 5.62. The van der Waals surface area contributed by atoms with Crippen LogP contribution < -0.4 is 5.32 Å². The summed E-state index contributed by atoms with van der Waals surface area (Å²) in [6.07, 6.45) is 7.70. The van der Waals surface area contributed by atoms with Crippen LogP contribution in [0, 0.1) is 0 Å². The van der Waals surface area contributed by atoms with Gasteiger partial charge in [-0.3, -0.25) is 0 Å². The minimum absolute atomic E-state index is 0.326. The average molecular weight is 300 g/mol. The van der Waals surface area contributed by atoms with E-state index in [1.807, 2.05) is 0 Å². The average Bonchev–Trinajstić information content (AvgIpc) is 2.96. The molecule has 1 aromatic carbocycles. The highest BCUT2D eigenvalue weighted by molar-refractivity contribution is 5.83. The number of fused-ring (bicyclic) bond motifs is 1. The van der Waals surface area contributed by atoms with Crippen molar-refractivity contribution in [1.82, 2.24) is 10.3 Å². The minimum atomic E-state index is 0.326. The number of para-hydroxylation sites is 1. The van der Waals surface area contributed by atoms with Crippen LogP contribution in [0.3, 0.4) is 0 Å². The van der Waals surface area contributed by atoms with Crippen molar-refractivity contribution in [2.24, 2.45) is 0 Å². The van der Waals surface area contributed by atoms with Crippen LogP contribution in [0.25, 0.3) is 10.9 Å². The smallest absolute Gasteiger partial charge is 0.0594 e. The van der Waals surface area contributed by atoms with E-state index in [9.17, 15) is 0 Å². The van der Waals surface area contributed by atoms with Gasteiger partial charge in [0.2, 0.25) is 0 Å².